The number of para-hydroxylation sites is 3. The molecule has 0 saturated heterocycles. The molecule has 0 unspecified atom stereocenters. The van der Waals surface area contributed by atoms with Crippen LogP contribution in [-0.2, 0) is 0 Å². The van der Waals surface area contributed by atoms with E-state index in [1.807, 2.05) is 36.4 Å². The van der Waals surface area contributed by atoms with E-state index in [2.05, 4.69) is 174 Å². The van der Waals surface area contributed by atoms with E-state index in [-0.39, 0.29) is 0 Å². The first-order valence-corrected chi connectivity index (χ1v) is 20.2. The average molecular weight is 767 g/mol. The summed E-state index contributed by atoms with van der Waals surface area (Å²) in [6.07, 6.45) is 0. The highest BCUT2D eigenvalue weighted by atomic mass is 16.3. The van der Waals surface area contributed by atoms with Crippen molar-refractivity contribution in [3.05, 3.63) is 206 Å². The van der Waals surface area contributed by atoms with Gasteiger partial charge in [-0.2, -0.15) is 0 Å². The van der Waals surface area contributed by atoms with Crippen molar-refractivity contribution in [1.82, 2.24) is 19.5 Å². The molecular formula is C55H34N4O. The SMILES string of the molecule is c1ccc(-c2ccc(-c3nc(-c4ccccc4)nc(-c4cccc(-n5c6ccccc6c6cccc(-c7cccc8c7oc7ccc9ccccc9c78)c65)c4)n3)cc2)cc1. The van der Waals surface area contributed by atoms with Crippen LogP contribution in [0.25, 0.3) is 117 Å². The minimum Gasteiger partial charge on any atom is -0.455 e. The molecule has 0 aliphatic heterocycles. The van der Waals surface area contributed by atoms with Crippen molar-refractivity contribution in [3.8, 4) is 62.1 Å². The predicted molar refractivity (Wildman–Crippen MR) is 246 cm³/mol. The zero-order chi connectivity index (χ0) is 39.6. The Kier molecular flexibility index (Phi) is 7.78. The van der Waals surface area contributed by atoms with Crippen LogP contribution >= 0.6 is 0 Å². The van der Waals surface area contributed by atoms with E-state index in [1.54, 1.807) is 0 Å². The van der Waals surface area contributed by atoms with Crippen LogP contribution in [0, 0.1) is 0 Å². The predicted octanol–water partition coefficient (Wildman–Crippen LogP) is 14.4. The molecule has 9 aromatic carbocycles. The van der Waals surface area contributed by atoms with Crippen molar-refractivity contribution in [2.75, 3.05) is 0 Å². The van der Waals surface area contributed by atoms with E-state index in [0.717, 1.165) is 72.0 Å². The fourth-order valence-electron chi connectivity index (χ4n) is 8.86. The van der Waals surface area contributed by atoms with Crippen LogP contribution in [0.1, 0.15) is 0 Å². The number of nitrogens with zero attached hydrogens (tertiary/aromatic N) is 4. The van der Waals surface area contributed by atoms with Crippen molar-refractivity contribution in [2.24, 2.45) is 0 Å². The van der Waals surface area contributed by atoms with E-state index in [9.17, 15) is 0 Å². The third-order valence-corrected chi connectivity index (χ3v) is 11.7. The molecule has 280 valence electrons. The summed E-state index contributed by atoms with van der Waals surface area (Å²) in [5.74, 6) is 1.85. The van der Waals surface area contributed by atoms with E-state index >= 15 is 0 Å². The number of hydrogen-bond donors (Lipinski definition) is 0. The third kappa shape index (κ3) is 5.52. The average Bonchev–Trinajstić information content (AvgIpc) is 3.89. The minimum absolute atomic E-state index is 0.605. The van der Waals surface area contributed by atoms with Crippen LogP contribution in [0.4, 0.5) is 0 Å². The lowest BCUT2D eigenvalue weighted by Gasteiger charge is -2.14. The quantitative estimate of drug-likeness (QED) is 0.169. The van der Waals surface area contributed by atoms with Gasteiger partial charge in [0.05, 0.1) is 11.0 Å². The van der Waals surface area contributed by atoms with Gasteiger partial charge in [-0.15, -0.1) is 0 Å². The molecule has 0 bridgehead atoms. The first kappa shape index (κ1) is 33.9. The number of benzene rings is 9. The number of aromatic nitrogens is 4. The van der Waals surface area contributed by atoms with Gasteiger partial charge in [0.25, 0.3) is 0 Å². The number of fused-ring (bicyclic) bond motifs is 8. The van der Waals surface area contributed by atoms with Gasteiger partial charge in [-0.25, -0.2) is 15.0 Å². The Hall–Kier alpha value is -8.15. The molecule has 0 aliphatic carbocycles. The van der Waals surface area contributed by atoms with Crippen LogP contribution in [0.3, 0.4) is 0 Å². The summed E-state index contributed by atoms with van der Waals surface area (Å²) in [7, 11) is 0. The van der Waals surface area contributed by atoms with Crippen LogP contribution in [0.15, 0.2) is 211 Å². The molecule has 60 heavy (non-hydrogen) atoms. The van der Waals surface area contributed by atoms with Crippen molar-refractivity contribution in [2.45, 2.75) is 0 Å². The Morgan fingerprint density at radius 1 is 0.367 bits per heavy atom. The van der Waals surface area contributed by atoms with Crippen LogP contribution in [0.5, 0.6) is 0 Å². The molecule has 0 N–H and O–H groups in total. The Morgan fingerprint density at radius 3 is 1.70 bits per heavy atom. The van der Waals surface area contributed by atoms with Crippen LogP contribution in [-0.4, -0.2) is 19.5 Å². The molecule has 0 radical (unpaired) electrons. The lowest BCUT2D eigenvalue weighted by atomic mass is 9.98. The smallest absolute Gasteiger partial charge is 0.164 e. The summed E-state index contributed by atoms with van der Waals surface area (Å²) in [6.45, 7) is 0. The molecule has 5 nitrogen and oxygen atoms in total. The summed E-state index contributed by atoms with van der Waals surface area (Å²) < 4.78 is 9.16. The molecule has 0 spiro atoms. The molecule has 12 aromatic rings. The van der Waals surface area contributed by atoms with Crippen molar-refractivity contribution >= 4 is 54.5 Å². The first-order chi connectivity index (χ1) is 29.7. The number of rotatable bonds is 6. The number of furan rings is 1. The van der Waals surface area contributed by atoms with Crippen molar-refractivity contribution in [1.29, 1.82) is 0 Å². The first-order valence-electron chi connectivity index (χ1n) is 20.2. The molecule has 0 atom stereocenters. The largest absolute Gasteiger partial charge is 0.455 e. The third-order valence-electron chi connectivity index (χ3n) is 11.7. The monoisotopic (exact) mass is 766 g/mol. The topological polar surface area (TPSA) is 56.7 Å². The van der Waals surface area contributed by atoms with Gasteiger partial charge in [0.2, 0.25) is 0 Å². The Bertz CT molecular complexity index is 3590. The van der Waals surface area contributed by atoms with E-state index in [1.165, 1.54) is 27.1 Å². The van der Waals surface area contributed by atoms with Gasteiger partial charge in [0.1, 0.15) is 11.2 Å². The summed E-state index contributed by atoms with van der Waals surface area (Å²) in [4.78, 5) is 15.3. The molecule has 3 aromatic heterocycles. The fraction of sp³-hybridized carbons (Fsp3) is 0. The normalized spacial score (nSPS) is 11.7. The highest BCUT2D eigenvalue weighted by Gasteiger charge is 2.21. The standard InChI is InChI=1S/C55H34N4O/c1-3-14-35(15-4-1)36-28-30-39(31-29-36)54-56-53(38-17-5-2-6-18-38)57-55(58-54)40-19-11-20-41(34-40)59-48-27-10-9-22-43(48)44-23-12-24-45(51(44)59)46-25-13-26-47-50-42-21-8-7-16-37(42)32-33-49(50)60-52(46)47/h1-34H. The molecule has 0 amide bonds. The zero-order valence-electron chi connectivity index (χ0n) is 32.3. The van der Waals surface area contributed by atoms with E-state index in [0.29, 0.717) is 17.5 Å². The Balaban J connectivity index is 1.05. The molecule has 0 aliphatic rings. The molecule has 0 fully saturated rings. The molecule has 12 rings (SSSR count). The van der Waals surface area contributed by atoms with E-state index < -0.39 is 0 Å². The zero-order valence-corrected chi connectivity index (χ0v) is 32.3. The van der Waals surface area contributed by atoms with Crippen molar-refractivity contribution in [3.63, 3.8) is 0 Å². The maximum Gasteiger partial charge on any atom is 0.164 e. The summed E-state index contributed by atoms with van der Waals surface area (Å²) in [6, 6.07) is 72.1. The summed E-state index contributed by atoms with van der Waals surface area (Å²) >= 11 is 0. The second-order valence-electron chi connectivity index (χ2n) is 15.2. The summed E-state index contributed by atoms with van der Waals surface area (Å²) in [5.41, 5.74) is 12.2. The number of hydrogen-bond acceptors (Lipinski definition) is 4. The van der Waals surface area contributed by atoms with Crippen LogP contribution < -0.4 is 0 Å². The molecule has 5 heteroatoms. The Labute approximate surface area is 345 Å². The van der Waals surface area contributed by atoms with Gasteiger partial charge < -0.3 is 8.98 Å². The lowest BCUT2D eigenvalue weighted by molar-refractivity contribution is 0.670. The molecule has 0 saturated carbocycles. The van der Waals surface area contributed by atoms with E-state index in [4.69, 9.17) is 19.4 Å². The van der Waals surface area contributed by atoms with Gasteiger partial charge >= 0.3 is 0 Å². The van der Waals surface area contributed by atoms with Crippen molar-refractivity contribution < 1.29 is 4.42 Å². The maximum absolute atomic E-state index is 6.78. The lowest BCUT2D eigenvalue weighted by Crippen LogP contribution is -2.01. The van der Waals surface area contributed by atoms with Gasteiger partial charge in [0.15, 0.2) is 17.5 Å². The van der Waals surface area contributed by atoms with Gasteiger partial charge in [-0.3, -0.25) is 0 Å². The maximum atomic E-state index is 6.78. The highest BCUT2D eigenvalue weighted by Crippen LogP contribution is 2.44. The minimum atomic E-state index is 0.605. The second-order valence-corrected chi connectivity index (χ2v) is 15.2. The van der Waals surface area contributed by atoms with Gasteiger partial charge in [0, 0.05) is 55.0 Å². The molecular weight excluding hydrogens is 733 g/mol. The second kappa shape index (κ2) is 13.8. The highest BCUT2D eigenvalue weighted by molar-refractivity contribution is 6.22. The summed E-state index contributed by atoms with van der Waals surface area (Å²) in [5, 5.41) is 6.98. The molecule has 3 heterocycles. The van der Waals surface area contributed by atoms with Gasteiger partial charge in [-0.1, -0.05) is 182 Å². The Morgan fingerprint density at radius 2 is 0.917 bits per heavy atom. The van der Waals surface area contributed by atoms with Crippen LogP contribution in [0.2, 0.25) is 0 Å². The fourth-order valence-corrected chi connectivity index (χ4v) is 8.86. The van der Waals surface area contributed by atoms with Gasteiger partial charge in [-0.05, 0) is 46.2 Å².